The van der Waals surface area contributed by atoms with Crippen molar-refractivity contribution in [3.63, 3.8) is 0 Å². The Morgan fingerprint density at radius 3 is 2.32 bits per heavy atom. The lowest BCUT2D eigenvalue weighted by atomic mass is 10.1. The SMILES string of the molecule is CC[C@H](OC(C)=O)[C@@H]1C[C@@H](OC(C)=O)[C@H](n2c(=O)n(CC(C)OC(C)=O)c3c(=O)[nH]c(NC(C)=O)nc32)O1. The second-order valence-corrected chi connectivity index (χ2v) is 8.96. The molecule has 1 amide bonds. The van der Waals surface area contributed by atoms with Gasteiger partial charge in [0.1, 0.15) is 24.4 Å². The highest BCUT2D eigenvalue weighted by Gasteiger charge is 2.45. The molecule has 0 aromatic carbocycles. The lowest BCUT2D eigenvalue weighted by molar-refractivity contribution is -0.158. The van der Waals surface area contributed by atoms with Crippen molar-refractivity contribution in [2.24, 2.45) is 0 Å². The third kappa shape index (κ3) is 6.27. The van der Waals surface area contributed by atoms with Crippen LogP contribution in [0.25, 0.3) is 11.2 Å². The second-order valence-electron chi connectivity index (χ2n) is 8.96. The number of nitrogens with zero attached hydrogens (tertiary/aromatic N) is 3. The van der Waals surface area contributed by atoms with Gasteiger partial charge < -0.3 is 18.9 Å². The molecule has 3 rings (SSSR count). The van der Waals surface area contributed by atoms with Crippen LogP contribution < -0.4 is 16.6 Å². The van der Waals surface area contributed by atoms with Crippen molar-refractivity contribution in [2.45, 2.75) is 91.6 Å². The average Bonchev–Trinajstić information content (AvgIpc) is 3.28. The number of hydrogen-bond acceptors (Lipinski definition) is 11. The smallest absolute Gasteiger partial charge is 0.332 e. The minimum Gasteiger partial charge on any atom is -0.461 e. The molecular weight excluding hydrogens is 506 g/mol. The minimum absolute atomic E-state index is 0.0841. The molecule has 1 saturated heterocycles. The van der Waals surface area contributed by atoms with Crippen LogP contribution in [0.1, 0.15) is 60.6 Å². The molecule has 0 saturated carbocycles. The Hall–Kier alpha value is -4.01. The zero-order chi connectivity index (χ0) is 28.3. The summed E-state index contributed by atoms with van der Waals surface area (Å²) in [6.07, 6.45) is -4.04. The van der Waals surface area contributed by atoms with Crippen molar-refractivity contribution in [1.29, 1.82) is 0 Å². The van der Waals surface area contributed by atoms with E-state index in [4.69, 9.17) is 18.9 Å². The summed E-state index contributed by atoms with van der Waals surface area (Å²) in [6.45, 7) is 7.98. The van der Waals surface area contributed by atoms with E-state index in [2.05, 4.69) is 15.3 Å². The molecule has 0 aliphatic carbocycles. The highest BCUT2D eigenvalue weighted by Crippen LogP contribution is 2.35. The van der Waals surface area contributed by atoms with E-state index in [9.17, 15) is 28.8 Å². The van der Waals surface area contributed by atoms with Crippen molar-refractivity contribution in [3.8, 4) is 0 Å². The summed E-state index contributed by atoms with van der Waals surface area (Å²) in [5.74, 6) is -2.50. The first kappa shape index (κ1) is 28.6. The fraction of sp³-hybridized carbons (Fsp3) is 0.609. The molecular formula is C23H31N5O10. The third-order valence-corrected chi connectivity index (χ3v) is 5.72. The number of anilines is 1. The molecule has 1 unspecified atom stereocenters. The Labute approximate surface area is 216 Å². The van der Waals surface area contributed by atoms with Gasteiger partial charge in [-0.1, -0.05) is 6.92 Å². The van der Waals surface area contributed by atoms with E-state index in [1.807, 2.05) is 0 Å². The largest absolute Gasteiger partial charge is 0.461 e. The molecule has 1 aliphatic rings. The van der Waals surface area contributed by atoms with E-state index in [0.29, 0.717) is 6.42 Å². The maximum absolute atomic E-state index is 13.7. The van der Waals surface area contributed by atoms with Gasteiger partial charge in [-0.25, -0.2) is 9.36 Å². The predicted molar refractivity (Wildman–Crippen MR) is 130 cm³/mol. The van der Waals surface area contributed by atoms with Gasteiger partial charge in [-0.05, 0) is 13.3 Å². The first-order chi connectivity index (χ1) is 17.8. The number of rotatable bonds is 9. The number of aromatic amines is 1. The molecule has 0 bridgehead atoms. The lowest BCUT2D eigenvalue weighted by Crippen LogP contribution is -2.35. The van der Waals surface area contributed by atoms with E-state index in [-0.39, 0.29) is 30.1 Å². The monoisotopic (exact) mass is 537 g/mol. The van der Waals surface area contributed by atoms with Crippen molar-refractivity contribution < 1.29 is 38.1 Å². The Morgan fingerprint density at radius 2 is 1.76 bits per heavy atom. The minimum atomic E-state index is -1.26. The summed E-state index contributed by atoms with van der Waals surface area (Å²) in [5.41, 5.74) is -1.86. The quantitative estimate of drug-likeness (QED) is 0.332. The van der Waals surface area contributed by atoms with Gasteiger partial charge in [0.2, 0.25) is 11.9 Å². The topological polar surface area (TPSA) is 190 Å². The van der Waals surface area contributed by atoms with Gasteiger partial charge in [-0.15, -0.1) is 0 Å². The highest BCUT2D eigenvalue weighted by atomic mass is 16.6. The van der Waals surface area contributed by atoms with Crippen LogP contribution in [0.15, 0.2) is 9.59 Å². The molecule has 2 aromatic heterocycles. The van der Waals surface area contributed by atoms with E-state index in [1.165, 1.54) is 27.7 Å². The van der Waals surface area contributed by atoms with E-state index < -0.39 is 65.7 Å². The molecule has 0 spiro atoms. The van der Waals surface area contributed by atoms with Crippen molar-refractivity contribution in [2.75, 3.05) is 5.32 Å². The van der Waals surface area contributed by atoms with Gasteiger partial charge in [0.25, 0.3) is 5.56 Å². The summed E-state index contributed by atoms with van der Waals surface area (Å²) in [4.78, 5) is 80.1. The maximum atomic E-state index is 13.7. The molecule has 15 heteroatoms. The van der Waals surface area contributed by atoms with E-state index in [1.54, 1.807) is 13.8 Å². The Bertz CT molecular complexity index is 1360. The summed E-state index contributed by atoms with van der Waals surface area (Å²) >= 11 is 0. The third-order valence-electron chi connectivity index (χ3n) is 5.72. The van der Waals surface area contributed by atoms with Crippen molar-refractivity contribution in [3.05, 3.63) is 20.8 Å². The molecule has 15 nitrogen and oxygen atoms in total. The van der Waals surface area contributed by atoms with Gasteiger partial charge in [-0.3, -0.25) is 38.8 Å². The number of hydrogen-bond donors (Lipinski definition) is 2. The first-order valence-corrected chi connectivity index (χ1v) is 12.0. The van der Waals surface area contributed by atoms with Crippen molar-refractivity contribution in [1.82, 2.24) is 19.1 Å². The molecule has 208 valence electrons. The molecule has 2 N–H and O–H groups in total. The number of carbonyl (C=O) groups is 4. The fourth-order valence-corrected chi connectivity index (χ4v) is 4.47. The standard InChI is InChI=1S/C23H31N5O10/c1-7-15(36-13(5)31)16-8-17(37-14(6)32)21(38-16)28-19-18(20(33)26-22(25-19)24-11(3)29)27(23(28)34)9-10(2)35-12(4)30/h10,15-17,21H,7-9H2,1-6H3,(H2,24,25,26,29,33)/t10?,15-,16-,17+,21+/m0/s1. The van der Waals surface area contributed by atoms with Gasteiger partial charge in [0.15, 0.2) is 17.4 Å². The normalized spacial score (nSPS) is 20.5. The summed E-state index contributed by atoms with van der Waals surface area (Å²) in [6, 6.07) is 0. The number of nitrogens with one attached hydrogen (secondary N) is 2. The molecule has 5 atom stereocenters. The van der Waals surface area contributed by atoms with E-state index in [0.717, 1.165) is 9.13 Å². The number of carbonyl (C=O) groups excluding carboxylic acids is 4. The first-order valence-electron chi connectivity index (χ1n) is 12.0. The van der Waals surface area contributed by atoms with Crippen LogP contribution in [0.4, 0.5) is 5.95 Å². The predicted octanol–water partition coefficient (Wildman–Crippen LogP) is 0.357. The lowest BCUT2D eigenvalue weighted by Gasteiger charge is -2.22. The number of amides is 1. The number of H-pyrrole nitrogens is 1. The number of esters is 3. The van der Waals surface area contributed by atoms with Crippen LogP contribution in [-0.2, 0) is 44.7 Å². The number of aromatic nitrogens is 4. The van der Waals surface area contributed by atoms with E-state index >= 15 is 0 Å². The van der Waals surface area contributed by atoms with Crippen LogP contribution >= 0.6 is 0 Å². The van der Waals surface area contributed by atoms with Crippen LogP contribution in [0.2, 0.25) is 0 Å². The van der Waals surface area contributed by atoms with Gasteiger partial charge >= 0.3 is 23.6 Å². The summed E-state index contributed by atoms with van der Waals surface area (Å²) in [5, 5.41) is 2.37. The van der Waals surface area contributed by atoms with Crippen LogP contribution in [0.3, 0.4) is 0 Å². The average molecular weight is 538 g/mol. The molecule has 0 radical (unpaired) electrons. The van der Waals surface area contributed by atoms with Gasteiger partial charge in [0.05, 0.1) is 6.54 Å². The second kappa shape index (κ2) is 11.6. The zero-order valence-corrected chi connectivity index (χ0v) is 21.9. The van der Waals surface area contributed by atoms with Gasteiger partial charge in [-0.2, -0.15) is 4.98 Å². The number of fused-ring (bicyclic) bond motifs is 1. The highest BCUT2D eigenvalue weighted by molar-refractivity contribution is 5.87. The Morgan fingerprint density at radius 1 is 1.11 bits per heavy atom. The van der Waals surface area contributed by atoms with Crippen LogP contribution in [0.5, 0.6) is 0 Å². The maximum Gasteiger partial charge on any atom is 0.332 e. The van der Waals surface area contributed by atoms with Crippen LogP contribution in [-0.4, -0.2) is 67.3 Å². The number of imidazole rings is 1. The molecule has 38 heavy (non-hydrogen) atoms. The molecule has 2 aromatic rings. The number of ether oxygens (including phenoxy) is 4. The van der Waals surface area contributed by atoms with Crippen molar-refractivity contribution >= 4 is 40.9 Å². The summed E-state index contributed by atoms with van der Waals surface area (Å²) in [7, 11) is 0. The molecule has 3 heterocycles. The zero-order valence-electron chi connectivity index (χ0n) is 21.9. The molecule has 1 aliphatic heterocycles. The Balaban J connectivity index is 2.21. The molecule has 1 fully saturated rings. The van der Waals surface area contributed by atoms with Gasteiger partial charge in [0, 0.05) is 34.1 Å². The van der Waals surface area contributed by atoms with Crippen LogP contribution in [0, 0.1) is 0 Å². The summed E-state index contributed by atoms with van der Waals surface area (Å²) < 4.78 is 24.2. The fourth-order valence-electron chi connectivity index (χ4n) is 4.47. The Kier molecular flexibility index (Phi) is 8.70.